The van der Waals surface area contributed by atoms with Gasteiger partial charge in [0.1, 0.15) is 5.75 Å². The van der Waals surface area contributed by atoms with Crippen LogP contribution in [0, 0.1) is 6.92 Å². The Kier molecular flexibility index (Phi) is 6.08. The lowest BCUT2D eigenvalue weighted by Gasteiger charge is -2.15. The Morgan fingerprint density at radius 1 is 1.36 bits per heavy atom. The summed E-state index contributed by atoms with van der Waals surface area (Å²) >= 11 is 1.86. The summed E-state index contributed by atoms with van der Waals surface area (Å²) in [7, 11) is 0. The van der Waals surface area contributed by atoms with Crippen LogP contribution in [0.3, 0.4) is 0 Å². The topological polar surface area (TPSA) is 51.2 Å². The zero-order valence-electron chi connectivity index (χ0n) is 15.0. The van der Waals surface area contributed by atoms with E-state index in [4.69, 9.17) is 9.72 Å². The monoisotopic (exact) mass is 358 g/mol. The lowest BCUT2D eigenvalue weighted by atomic mass is 10.0. The van der Waals surface area contributed by atoms with Crippen LogP contribution in [0.25, 0.3) is 0 Å². The fourth-order valence-electron chi connectivity index (χ4n) is 3.05. The van der Waals surface area contributed by atoms with E-state index in [2.05, 4.69) is 5.32 Å². The first-order valence-electron chi connectivity index (χ1n) is 9.10. The second kappa shape index (κ2) is 8.48. The molecule has 5 heteroatoms. The first-order chi connectivity index (χ1) is 12.1. The van der Waals surface area contributed by atoms with Crippen molar-refractivity contribution in [3.63, 3.8) is 0 Å². The van der Waals surface area contributed by atoms with Crippen LogP contribution in [0.15, 0.2) is 24.3 Å². The number of nitrogens with zero attached hydrogens (tertiary/aromatic N) is 1. The molecule has 25 heavy (non-hydrogen) atoms. The summed E-state index contributed by atoms with van der Waals surface area (Å²) in [6.07, 6.45) is 6.25. The molecule has 1 N–H and O–H groups in total. The molecule has 0 bridgehead atoms. The fraction of sp³-hybridized carbons (Fsp3) is 0.500. The van der Waals surface area contributed by atoms with Crippen LogP contribution in [-0.2, 0) is 24.1 Å². The summed E-state index contributed by atoms with van der Waals surface area (Å²) in [6.45, 7) is 4.45. The number of nitrogens with one attached hydrogen (secondary N) is 1. The number of hydrogen-bond donors (Lipinski definition) is 1. The summed E-state index contributed by atoms with van der Waals surface area (Å²) in [5.41, 5.74) is 2.44. The third-order valence-electron chi connectivity index (χ3n) is 4.43. The van der Waals surface area contributed by atoms with Crippen LogP contribution in [0.4, 0.5) is 0 Å². The van der Waals surface area contributed by atoms with Gasteiger partial charge in [-0.15, -0.1) is 11.3 Å². The standard InChI is InChI=1S/C20H26N2O2S/c1-14-7-5-8-16(13-14)24-15(2)20(23)21-12-6-11-19-22-17-9-3-4-10-18(17)25-19/h5,7-8,13,15H,3-4,6,9-12H2,1-2H3,(H,21,23). The van der Waals surface area contributed by atoms with Crippen molar-refractivity contribution in [2.75, 3.05) is 6.54 Å². The molecule has 0 spiro atoms. The minimum absolute atomic E-state index is 0.0695. The Bertz CT molecular complexity index is 703. The highest BCUT2D eigenvalue weighted by molar-refractivity contribution is 7.11. The van der Waals surface area contributed by atoms with Crippen molar-refractivity contribution in [3.8, 4) is 5.75 Å². The van der Waals surface area contributed by atoms with Crippen molar-refractivity contribution >= 4 is 17.2 Å². The van der Waals surface area contributed by atoms with Gasteiger partial charge in [-0.05, 0) is 63.6 Å². The van der Waals surface area contributed by atoms with Gasteiger partial charge in [-0.25, -0.2) is 4.98 Å². The number of aryl methyl sites for hydroxylation is 4. The summed E-state index contributed by atoms with van der Waals surface area (Å²) in [6, 6.07) is 7.76. The number of ether oxygens (including phenoxy) is 1. The number of hydrogen-bond acceptors (Lipinski definition) is 4. The van der Waals surface area contributed by atoms with E-state index in [1.165, 1.54) is 34.8 Å². The van der Waals surface area contributed by atoms with Crippen LogP contribution in [0.2, 0.25) is 0 Å². The minimum Gasteiger partial charge on any atom is -0.481 e. The van der Waals surface area contributed by atoms with Crippen LogP contribution in [0.5, 0.6) is 5.75 Å². The number of benzene rings is 1. The number of carbonyl (C=O) groups excluding carboxylic acids is 1. The number of rotatable bonds is 7. The third-order valence-corrected chi connectivity index (χ3v) is 5.65. The summed E-state index contributed by atoms with van der Waals surface area (Å²) in [5.74, 6) is 0.663. The molecular formula is C20H26N2O2S. The molecule has 0 fully saturated rings. The van der Waals surface area contributed by atoms with E-state index in [9.17, 15) is 4.79 Å². The van der Waals surface area contributed by atoms with Crippen molar-refractivity contribution in [1.82, 2.24) is 10.3 Å². The molecule has 1 unspecified atom stereocenters. The normalized spacial score (nSPS) is 14.6. The highest BCUT2D eigenvalue weighted by Crippen LogP contribution is 2.27. The van der Waals surface area contributed by atoms with Gasteiger partial charge in [0, 0.05) is 17.8 Å². The van der Waals surface area contributed by atoms with Crippen molar-refractivity contribution in [2.45, 2.75) is 58.5 Å². The summed E-state index contributed by atoms with van der Waals surface area (Å²) in [4.78, 5) is 18.4. The highest BCUT2D eigenvalue weighted by atomic mass is 32.1. The largest absolute Gasteiger partial charge is 0.481 e. The maximum Gasteiger partial charge on any atom is 0.260 e. The molecule has 2 aromatic rings. The van der Waals surface area contributed by atoms with E-state index in [1.807, 2.05) is 42.5 Å². The number of amides is 1. The van der Waals surface area contributed by atoms with E-state index in [0.29, 0.717) is 6.54 Å². The molecule has 0 aliphatic heterocycles. The maximum absolute atomic E-state index is 12.2. The Balaban J connectivity index is 1.39. The highest BCUT2D eigenvalue weighted by Gasteiger charge is 2.16. The molecule has 1 aliphatic carbocycles. The molecule has 4 nitrogen and oxygen atoms in total. The molecule has 1 atom stereocenters. The number of thiazole rings is 1. The molecule has 134 valence electrons. The van der Waals surface area contributed by atoms with Gasteiger partial charge in [-0.3, -0.25) is 4.79 Å². The van der Waals surface area contributed by atoms with E-state index in [0.717, 1.165) is 30.6 Å². The smallest absolute Gasteiger partial charge is 0.260 e. The first kappa shape index (κ1) is 17.9. The fourth-order valence-corrected chi connectivity index (χ4v) is 4.25. The molecule has 1 amide bonds. The van der Waals surface area contributed by atoms with E-state index in [1.54, 1.807) is 6.92 Å². The average molecular weight is 359 g/mol. The lowest BCUT2D eigenvalue weighted by Crippen LogP contribution is -2.36. The van der Waals surface area contributed by atoms with Crippen molar-refractivity contribution in [3.05, 3.63) is 45.4 Å². The molecule has 0 radical (unpaired) electrons. The number of fused-ring (bicyclic) bond motifs is 1. The van der Waals surface area contributed by atoms with Gasteiger partial charge in [0.25, 0.3) is 5.91 Å². The second-order valence-electron chi connectivity index (χ2n) is 6.66. The van der Waals surface area contributed by atoms with E-state index >= 15 is 0 Å². The predicted molar refractivity (Wildman–Crippen MR) is 101 cm³/mol. The number of carbonyl (C=O) groups is 1. The molecule has 3 rings (SSSR count). The summed E-state index contributed by atoms with van der Waals surface area (Å²) in [5, 5.41) is 4.18. The maximum atomic E-state index is 12.2. The Morgan fingerprint density at radius 2 is 2.20 bits per heavy atom. The Labute approximate surface area is 153 Å². The van der Waals surface area contributed by atoms with E-state index < -0.39 is 6.10 Å². The van der Waals surface area contributed by atoms with Crippen molar-refractivity contribution in [1.29, 1.82) is 0 Å². The van der Waals surface area contributed by atoms with Crippen LogP contribution in [-0.4, -0.2) is 23.5 Å². The van der Waals surface area contributed by atoms with Gasteiger partial charge in [-0.1, -0.05) is 12.1 Å². The average Bonchev–Trinajstić information content (AvgIpc) is 3.01. The predicted octanol–water partition coefficient (Wildman–Crippen LogP) is 3.85. The molecular weight excluding hydrogens is 332 g/mol. The second-order valence-corrected chi connectivity index (χ2v) is 7.82. The Morgan fingerprint density at radius 3 is 3.00 bits per heavy atom. The third kappa shape index (κ3) is 5.05. The molecule has 1 aliphatic rings. The SMILES string of the molecule is Cc1cccc(OC(C)C(=O)NCCCc2nc3c(s2)CCCC3)c1. The first-order valence-corrected chi connectivity index (χ1v) is 9.92. The quantitative estimate of drug-likeness (QED) is 0.765. The van der Waals surface area contributed by atoms with Gasteiger partial charge in [0.05, 0.1) is 10.7 Å². The molecule has 0 saturated carbocycles. The van der Waals surface area contributed by atoms with Gasteiger partial charge in [-0.2, -0.15) is 0 Å². The minimum atomic E-state index is -0.492. The van der Waals surface area contributed by atoms with Gasteiger partial charge < -0.3 is 10.1 Å². The van der Waals surface area contributed by atoms with Crippen LogP contribution < -0.4 is 10.1 Å². The summed E-state index contributed by atoms with van der Waals surface area (Å²) < 4.78 is 5.71. The molecule has 1 aromatic carbocycles. The Hall–Kier alpha value is -1.88. The molecule has 1 heterocycles. The van der Waals surface area contributed by atoms with Gasteiger partial charge >= 0.3 is 0 Å². The number of aromatic nitrogens is 1. The molecule has 1 aromatic heterocycles. The van der Waals surface area contributed by atoms with Crippen LogP contribution >= 0.6 is 11.3 Å². The zero-order valence-corrected chi connectivity index (χ0v) is 15.8. The zero-order chi connectivity index (χ0) is 17.6. The van der Waals surface area contributed by atoms with Gasteiger partial charge in [0.15, 0.2) is 6.10 Å². The van der Waals surface area contributed by atoms with Crippen LogP contribution in [0.1, 0.15) is 47.3 Å². The molecule has 0 saturated heterocycles. The van der Waals surface area contributed by atoms with Crippen molar-refractivity contribution < 1.29 is 9.53 Å². The van der Waals surface area contributed by atoms with Crippen molar-refractivity contribution in [2.24, 2.45) is 0 Å². The lowest BCUT2D eigenvalue weighted by molar-refractivity contribution is -0.127. The van der Waals surface area contributed by atoms with Gasteiger partial charge in [0.2, 0.25) is 0 Å². The van der Waals surface area contributed by atoms with E-state index in [-0.39, 0.29) is 5.91 Å².